The molecule has 0 radical (unpaired) electrons. The first kappa shape index (κ1) is 19.2. The summed E-state index contributed by atoms with van der Waals surface area (Å²) < 4.78 is 14.9. The highest BCUT2D eigenvalue weighted by Gasteiger charge is 2.02. The number of hydrogen-bond acceptors (Lipinski definition) is 4. The van der Waals surface area contributed by atoms with Crippen molar-refractivity contribution < 1.29 is 4.39 Å². The van der Waals surface area contributed by atoms with E-state index in [4.69, 9.17) is 0 Å². The van der Waals surface area contributed by atoms with E-state index in [-0.39, 0.29) is 5.82 Å². The van der Waals surface area contributed by atoms with Crippen LogP contribution >= 0.6 is 11.8 Å². The number of hydrogen-bond donors (Lipinski definition) is 2. The van der Waals surface area contributed by atoms with Crippen molar-refractivity contribution in [3.05, 3.63) is 42.2 Å². The van der Waals surface area contributed by atoms with Crippen molar-refractivity contribution in [2.75, 3.05) is 25.9 Å². The van der Waals surface area contributed by atoms with E-state index in [2.05, 4.69) is 32.7 Å². The first-order valence-electron chi connectivity index (χ1n) is 8.42. The Morgan fingerprint density at radius 1 is 1.24 bits per heavy atom. The number of thioether (sulfide) groups is 1. The lowest BCUT2D eigenvalue weighted by atomic mass is 10.4. The predicted octanol–water partition coefficient (Wildman–Crippen LogP) is 2.33. The molecule has 1 aromatic carbocycles. The van der Waals surface area contributed by atoms with Crippen LogP contribution in [0.5, 0.6) is 0 Å². The Balaban J connectivity index is 1.59. The minimum Gasteiger partial charge on any atom is -0.356 e. The quantitative estimate of drug-likeness (QED) is 0.309. The molecule has 0 saturated heterocycles. The van der Waals surface area contributed by atoms with Crippen LogP contribution in [0.4, 0.5) is 4.39 Å². The van der Waals surface area contributed by atoms with E-state index in [9.17, 15) is 4.39 Å². The Hall–Kier alpha value is -2.09. The zero-order valence-electron chi connectivity index (χ0n) is 14.7. The van der Waals surface area contributed by atoms with Crippen molar-refractivity contribution in [3.8, 4) is 0 Å². The highest BCUT2D eigenvalue weighted by molar-refractivity contribution is 7.99. The second-order valence-electron chi connectivity index (χ2n) is 5.38. The zero-order valence-corrected chi connectivity index (χ0v) is 15.5. The summed E-state index contributed by atoms with van der Waals surface area (Å²) in [6.45, 7) is 4.46. The van der Waals surface area contributed by atoms with Gasteiger partial charge in [0.15, 0.2) is 5.96 Å². The van der Waals surface area contributed by atoms with E-state index in [1.165, 1.54) is 12.1 Å². The zero-order chi connectivity index (χ0) is 17.9. The van der Waals surface area contributed by atoms with Crippen LogP contribution in [0, 0.1) is 5.82 Å². The summed E-state index contributed by atoms with van der Waals surface area (Å²) >= 11 is 1.72. The minimum absolute atomic E-state index is 0.196. The van der Waals surface area contributed by atoms with Gasteiger partial charge in [-0.25, -0.2) is 4.39 Å². The molecule has 0 bridgehead atoms. The third kappa shape index (κ3) is 6.74. The maximum atomic E-state index is 12.8. The number of benzene rings is 1. The van der Waals surface area contributed by atoms with E-state index in [1.807, 2.05) is 16.7 Å². The number of aromatic nitrogens is 3. The Morgan fingerprint density at radius 3 is 2.72 bits per heavy atom. The third-order valence-corrected chi connectivity index (χ3v) is 4.67. The Kier molecular flexibility index (Phi) is 8.24. The van der Waals surface area contributed by atoms with Crippen LogP contribution in [0.15, 0.2) is 40.5 Å². The summed E-state index contributed by atoms with van der Waals surface area (Å²) in [7, 11) is 1.76. The Bertz CT molecular complexity index is 655. The lowest BCUT2D eigenvalue weighted by Crippen LogP contribution is -2.39. The van der Waals surface area contributed by atoms with Crippen LogP contribution in [-0.4, -0.2) is 46.6 Å². The van der Waals surface area contributed by atoms with E-state index >= 15 is 0 Å². The van der Waals surface area contributed by atoms with Crippen molar-refractivity contribution >= 4 is 17.7 Å². The van der Waals surface area contributed by atoms with Gasteiger partial charge in [-0.2, -0.15) is 0 Å². The van der Waals surface area contributed by atoms with Gasteiger partial charge in [0.2, 0.25) is 0 Å². The van der Waals surface area contributed by atoms with Gasteiger partial charge in [0, 0.05) is 38.0 Å². The molecule has 0 fully saturated rings. The number of halogens is 1. The van der Waals surface area contributed by atoms with E-state index < -0.39 is 0 Å². The summed E-state index contributed by atoms with van der Waals surface area (Å²) in [4.78, 5) is 5.31. The molecule has 0 saturated carbocycles. The molecule has 0 unspecified atom stereocenters. The molecule has 0 amide bonds. The van der Waals surface area contributed by atoms with Gasteiger partial charge in [0.25, 0.3) is 0 Å². The van der Waals surface area contributed by atoms with Crippen molar-refractivity contribution in [1.82, 2.24) is 25.4 Å². The SMILES string of the molecule is CCc1nncn1CCNC(=NC)NCCCSc1ccc(F)cc1. The maximum Gasteiger partial charge on any atom is 0.191 e. The topological polar surface area (TPSA) is 67.1 Å². The number of nitrogens with one attached hydrogen (secondary N) is 2. The van der Waals surface area contributed by atoms with E-state index in [0.29, 0.717) is 0 Å². The molecule has 0 spiro atoms. The van der Waals surface area contributed by atoms with Gasteiger partial charge in [-0.3, -0.25) is 4.99 Å². The standard InChI is InChI=1S/C17H25FN6S/c1-3-16-23-22-13-24(16)11-10-21-17(19-2)20-9-4-12-25-15-7-5-14(18)6-8-15/h5-8,13H,3-4,9-12H2,1-2H3,(H2,19,20,21). The molecular formula is C17H25FN6S. The average molecular weight is 364 g/mol. The summed E-state index contributed by atoms with van der Waals surface area (Å²) in [5.74, 6) is 2.55. The Labute approximate surface area is 152 Å². The first-order chi connectivity index (χ1) is 12.2. The molecule has 1 aromatic heterocycles. The molecule has 8 heteroatoms. The lowest BCUT2D eigenvalue weighted by Gasteiger charge is -2.12. The van der Waals surface area contributed by atoms with Gasteiger partial charge in [-0.15, -0.1) is 22.0 Å². The largest absolute Gasteiger partial charge is 0.356 e. The predicted molar refractivity (Wildman–Crippen MR) is 101 cm³/mol. The van der Waals surface area contributed by atoms with Crippen molar-refractivity contribution in [1.29, 1.82) is 0 Å². The molecule has 0 aliphatic heterocycles. The van der Waals surface area contributed by atoms with Gasteiger partial charge in [0.05, 0.1) is 0 Å². The van der Waals surface area contributed by atoms with Crippen LogP contribution in [0.1, 0.15) is 19.2 Å². The molecule has 136 valence electrons. The van der Waals surface area contributed by atoms with Crippen LogP contribution in [0.25, 0.3) is 0 Å². The fourth-order valence-electron chi connectivity index (χ4n) is 2.25. The van der Waals surface area contributed by atoms with Crippen LogP contribution < -0.4 is 10.6 Å². The normalized spacial score (nSPS) is 11.6. The van der Waals surface area contributed by atoms with Crippen molar-refractivity contribution in [3.63, 3.8) is 0 Å². The summed E-state index contributed by atoms with van der Waals surface area (Å²) in [6, 6.07) is 6.60. The molecule has 0 aliphatic carbocycles. The summed E-state index contributed by atoms with van der Waals surface area (Å²) in [6.07, 6.45) is 3.62. The van der Waals surface area contributed by atoms with E-state index in [0.717, 1.165) is 54.9 Å². The number of nitrogens with zero attached hydrogens (tertiary/aromatic N) is 4. The van der Waals surface area contributed by atoms with Crippen LogP contribution in [-0.2, 0) is 13.0 Å². The second-order valence-corrected chi connectivity index (χ2v) is 6.54. The molecule has 0 aliphatic rings. The second kappa shape index (κ2) is 10.7. The Morgan fingerprint density at radius 2 is 2.00 bits per heavy atom. The number of aryl methyl sites for hydroxylation is 1. The average Bonchev–Trinajstić information content (AvgIpc) is 3.09. The molecule has 2 rings (SSSR count). The third-order valence-electron chi connectivity index (χ3n) is 3.58. The minimum atomic E-state index is -0.196. The van der Waals surface area contributed by atoms with E-state index in [1.54, 1.807) is 25.1 Å². The number of aliphatic imine (C=N–C) groups is 1. The highest BCUT2D eigenvalue weighted by atomic mass is 32.2. The van der Waals surface area contributed by atoms with Gasteiger partial charge in [-0.05, 0) is 36.4 Å². The van der Waals surface area contributed by atoms with Gasteiger partial charge in [-0.1, -0.05) is 6.92 Å². The molecule has 1 heterocycles. The van der Waals surface area contributed by atoms with Crippen LogP contribution in [0.2, 0.25) is 0 Å². The molecule has 25 heavy (non-hydrogen) atoms. The molecule has 0 atom stereocenters. The van der Waals surface area contributed by atoms with Crippen molar-refractivity contribution in [2.24, 2.45) is 4.99 Å². The fraction of sp³-hybridized carbons (Fsp3) is 0.471. The van der Waals surface area contributed by atoms with Gasteiger partial charge < -0.3 is 15.2 Å². The molecule has 2 aromatic rings. The maximum absolute atomic E-state index is 12.8. The monoisotopic (exact) mass is 364 g/mol. The summed E-state index contributed by atoms with van der Waals surface area (Å²) in [5, 5.41) is 14.6. The van der Waals surface area contributed by atoms with Crippen molar-refractivity contribution in [2.45, 2.75) is 31.2 Å². The lowest BCUT2D eigenvalue weighted by molar-refractivity contribution is 0.626. The molecule has 2 N–H and O–H groups in total. The smallest absolute Gasteiger partial charge is 0.191 e. The fourth-order valence-corrected chi connectivity index (χ4v) is 3.11. The van der Waals surface area contributed by atoms with Gasteiger partial charge >= 0.3 is 0 Å². The van der Waals surface area contributed by atoms with Crippen LogP contribution in [0.3, 0.4) is 0 Å². The highest BCUT2D eigenvalue weighted by Crippen LogP contribution is 2.18. The number of rotatable bonds is 9. The molecule has 6 nitrogen and oxygen atoms in total. The van der Waals surface area contributed by atoms with Gasteiger partial charge in [0.1, 0.15) is 18.0 Å². The summed E-state index contributed by atoms with van der Waals surface area (Å²) in [5.41, 5.74) is 0. The first-order valence-corrected chi connectivity index (χ1v) is 9.41. The molecular weight excluding hydrogens is 339 g/mol. The number of guanidine groups is 1.